The van der Waals surface area contributed by atoms with Gasteiger partial charge in [-0.3, -0.25) is 4.79 Å². The van der Waals surface area contributed by atoms with Gasteiger partial charge in [-0.2, -0.15) is 4.31 Å². The minimum absolute atomic E-state index is 0.0537. The number of rotatable bonds is 6. The molecular formula is C22H26ClN3O5S. The number of fused-ring (bicyclic) bond motifs is 1. The van der Waals surface area contributed by atoms with Crippen LogP contribution in [0, 0.1) is 6.92 Å². The Labute approximate surface area is 192 Å². The molecule has 2 heterocycles. The molecule has 1 fully saturated rings. The maximum Gasteiger partial charge on any atom is 0.243 e. The molecule has 8 nitrogen and oxygen atoms in total. The molecule has 10 heteroatoms. The van der Waals surface area contributed by atoms with E-state index in [4.69, 9.17) is 21.1 Å². The summed E-state index contributed by atoms with van der Waals surface area (Å²) < 4.78 is 38.5. The smallest absolute Gasteiger partial charge is 0.243 e. The molecule has 0 bridgehead atoms. The highest BCUT2D eigenvalue weighted by molar-refractivity contribution is 7.89. The van der Waals surface area contributed by atoms with Gasteiger partial charge in [-0.05, 0) is 37.5 Å². The molecule has 2 aliphatic heterocycles. The highest BCUT2D eigenvalue weighted by atomic mass is 35.5. The monoisotopic (exact) mass is 479 g/mol. The van der Waals surface area contributed by atoms with Gasteiger partial charge >= 0.3 is 0 Å². The molecule has 0 aromatic heterocycles. The lowest BCUT2D eigenvalue weighted by Crippen LogP contribution is -2.35. The van der Waals surface area contributed by atoms with E-state index >= 15 is 0 Å². The van der Waals surface area contributed by atoms with Crippen molar-refractivity contribution in [3.05, 3.63) is 40.9 Å². The second-order valence-corrected chi connectivity index (χ2v) is 10.2. The molecule has 4 rings (SSSR count). The van der Waals surface area contributed by atoms with Crippen LogP contribution in [0.3, 0.4) is 0 Å². The van der Waals surface area contributed by atoms with Gasteiger partial charge < -0.3 is 20.1 Å². The summed E-state index contributed by atoms with van der Waals surface area (Å²) in [5.74, 6) is 0.806. The van der Waals surface area contributed by atoms with E-state index in [9.17, 15) is 13.2 Å². The third-order valence-electron chi connectivity index (χ3n) is 5.51. The van der Waals surface area contributed by atoms with E-state index in [1.165, 1.54) is 10.4 Å². The number of benzene rings is 2. The fraction of sp³-hybridized carbons (Fsp3) is 0.409. The molecule has 0 aliphatic carbocycles. The standard InChI is InChI=1S/C22H26ClN3O5S/c1-15-5-6-16(32(28,29)26-7-3-2-4-8-26)11-18(15)25-22(27)14-24-19-13-21-20(12-17(19)23)30-9-10-31-21/h5-6,11-13,24H,2-4,7-10,14H2,1H3,(H,25,27). The number of carbonyl (C=O) groups excluding carboxylic acids is 1. The molecule has 1 saturated heterocycles. The molecule has 2 aromatic rings. The average molecular weight is 480 g/mol. The molecule has 2 aliphatic rings. The highest BCUT2D eigenvalue weighted by Gasteiger charge is 2.26. The average Bonchev–Trinajstić information content (AvgIpc) is 2.79. The van der Waals surface area contributed by atoms with Gasteiger partial charge in [-0.15, -0.1) is 0 Å². The summed E-state index contributed by atoms with van der Waals surface area (Å²) in [6.07, 6.45) is 2.77. The molecule has 172 valence electrons. The normalized spacial score (nSPS) is 16.4. The van der Waals surface area contributed by atoms with E-state index in [0.29, 0.717) is 54.2 Å². The van der Waals surface area contributed by atoms with Crippen molar-refractivity contribution in [2.45, 2.75) is 31.1 Å². The summed E-state index contributed by atoms with van der Waals surface area (Å²) in [6, 6.07) is 8.16. The SMILES string of the molecule is Cc1ccc(S(=O)(=O)N2CCCCC2)cc1NC(=O)CNc1cc2c(cc1Cl)OCCO2. The van der Waals surface area contributed by atoms with Crippen molar-refractivity contribution in [2.24, 2.45) is 0 Å². The first-order valence-corrected chi connectivity index (χ1v) is 12.4. The van der Waals surface area contributed by atoms with Crippen LogP contribution < -0.4 is 20.1 Å². The Morgan fingerprint density at radius 3 is 2.44 bits per heavy atom. The summed E-state index contributed by atoms with van der Waals surface area (Å²) in [5, 5.41) is 6.20. The molecule has 1 amide bonds. The second kappa shape index (κ2) is 9.56. The van der Waals surface area contributed by atoms with Crippen molar-refractivity contribution in [2.75, 3.05) is 43.5 Å². The number of piperidine rings is 1. The minimum Gasteiger partial charge on any atom is -0.486 e. The molecule has 0 unspecified atom stereocenters. The van der Waals surface area contributed by atoms with Crippen molar-refractivity contribution in [1.29, 1.82) is 0 Å². The number of aryl methyl sites for hydroxylation is 1. The van der Waals surface area contributed by atoms with Crippen molar-refractivity contribution in [1.82, 2.24) is 4.31 Å². The topological polar surface area (TPSA) is 97.0 Å². The summed E-state index contributed by atoms with van der Waals surface area (Å²) >= 11 is 6.27. The Balaban J connectivity index is 1.44. The Morgan fingerprint density at radius 1 is 1.03 bits per heavy atom. The molecule has 2 N–H and O–H groups in total. The van der Waals surface area contributed by atoms with E-state index in [1.807, 2.05) is 6.92 Å². The zero-order valence-electron chi connectivity index (χ0n) is 17.8. The van der Waals surface area contributed by atoms with Crippen LogP contribution in [0.25, 0.3) is 0 Å². The number of nitrogens with one attached hydrogen (secondary N) is 2. The van der Waals surface area contributed by atoms with Crippen LogP contribution in [0.15, 0.2) is 35.2 Å². The molecule has 32 heavy (non-hydrogen) atoms. The number of carbonyl (C=O) groups is 1. The Morgan fingerprint density at radius 2 is 1.72 bits per heavy atom. The number of sulfonamides is 1. The fourth-order valence-electron chi connectivity index (χ4n) is 3.72. The van der Waals surface area contributed by atoms with Gasteiger partial charge in [0.15, 0.2) is 11.5 Å². The lowest BCUT2D eigenvalue weighted by Gasteiger charge is -2.26. The highest BCUT2D eigenvalue weighted by Crippen LogP contribution is 2.37. The number of nitrogens with zero attached hydrogens (tertiary/aromatic N) is 1. The molecule has 0 atom stereocenters. The zero-order valence-corrected chi connectivity index (χ0v) is 19.4. The van der Waals surface area contributed by atoms with E-state index in [1.54, 1.807) is 24.3 Å². The van der Waals surface area contributed by atoms with E-state index < -0.39 is 10.0 Å². The molecule has 2 aromatic carbocycles. The van der Waals surface area contributed by atoms with Crippen LogP contribution in [0.2, 0.25) is 5.02 Å². The lowest BCUT2D eigenvalue weighted by atomic mass is 10.2. The zero-order chi connectivity index (χ0) is 22.7. The van der Waals surface area contributed by atoms with Gasteiger partial charge in [0.2, 0.25) is 15.9 Å². The maximum atomic E-state index is 13.0. The van der Waals surface area contributed by atoms with Gasteiger partial charge in [0.1, 0.15) is 13.2 Å². The number of anilines is 2. The largest absolute Gasteiger partial charge is 0.486 e. The Kier molecular flexibility index (Phi) is 6.78. The summed E-state index contributed by atoms with van der Waals surface area (Å²) in [6.45, 7) is 3.73. The van der Waals surface area contributed by atoms with Gasteiger partial charge in [-0.1, -0.05) is 24.1 Å². The number of hydrogen-bond acceptors (Lipinski definition) is 6. The third-order valence-corrected chi connectivity index (χ3v) is 7.71. The predicted molar refractivity (Wildman–Crippen MR) is 123 cm³/mol. The van der Waals surface area contributed by atoms with Crippen LogP contribution in [0.1, 0.15) is 24.8 Å². The van der Waals surface area contributed by atoms with Crippen LogP contribution in [-0.4, -0.2) is 51.5 Å². The van der Waals surface area contributed by atoms with Crippen molar-refractivity contribution >= 4 is 38.9 Å². The number of hydrogen-bond donors (Lipinski definition) is 2. The van der Waals surface area contributed by atoms with Gasteiger partial charge in [-0.25, -0.2) is 8.42 Å². The van der Waals surface area contributed by atoms with E-state index in [0.717, 1.165) is 24.8 Å². The molecule has 0 saturated carbocycles. The minimum atomic E-state index is -3.58. The number of amides is 1. The number of ether oxygens (including phenoxy) is 2. The maximum absolute atomic E-state index is 13.0. The third kappa shape index (κ3) is 4.95. The number of halogens is 1. The summed E-state index contributed by atoms with van der Waals surface area (Å²) in [4.78, 5) is 12.8. The first-order chi connectivity index (χ1) is 15.3. The molecule has 0 spiro atoms. The van der Waals surface area contributed by atoms with Gasteiger partial charge in [0.05, 0.1) is 22.2 Å². The van der Waals surface area contributed by atoms with Gasteiger partial charge in [0.25, 0.3) is 0 Å². The van der Waals surface area contributed by atoms with Crippen LogP contribution in [0.4, 0.5) is 11.4 Å². The van der Waals surface area contributed by atoms with Crippen molar-refractivity contribution in [3.63, 3.8) is 0 Å². The lowest BCUT2D eigenvalue weighted by molar-refractivity contribution is -0.114. The van der Waals surface area contributed by atoms with Crippen LogP contribution in [-0.2, 0) is 14.8 Å². The second-order valence-electron chi connectivity index (χ2n) is 7.82. The van der Waals surface area contributed by atoms with Crippen molar-refractivity contribution < 1.29 is 22.7 Å². The van der Waals surface area contributed by atoms with Gasteiger partial charge in [0, 0.05) is 30.9 Å². The molecule has 0 radical (unpaired) electrons. The Bertz CT molecular complexity index is 1120. The van der Waals surface area contributed by atoms with E-state index in [2.05, 4.69) is 10.6 Å². The summed E-state index contributed by atoms with van der Waals surface area (Å²) in [7, 11) is -3.58. The Hall–Kier alpha value is -2.49. The quantitative estimate of drug-likeness (QED) is 0.656. The first-order valence-electron chi connectivity index (χ1n) is 10.6. The summed E-state index contributed by atoms with van der Waals surface area (Å²) in [5.41, 5.74) is 1.78. The van der Waals surface area contributed by atoms with Crippen molar-refractivity contribution in [3.8, 4) is 11.5 Å². The van der Waals surface area contributed by atoms with Crippen LogP contribution >= 0.6 is 11.6 Å². The van der Waals surface area contributed by atoms with Crippen LogP contribution in [0.5, 0.6) is 11.5 Å². The molecular weight excluding hydrogens is 454 g/mol. The fourth-order valence-corrected chi connectivity index (χ4v) is 5.48. The van der Waals surface area contributed by atoms with E-state index in [-0.39, 0.29) is 17.3 Å². The first kappa shape index (κ1) is 22.7. The predicted octanol–water partition coefficient (Wildman–Crippen LogP) is 3.64.